The van der Waals surface area contributed by atoms with Gasteiger partial charge in [0.1, 0.15) is 16.5 Å². The maximum absolute atomic E-state index is 5.45. The molecule has 0 bridgehead atoms. The van der Waals surface area contributed by atoms with Crippen molar-refractivity contribution in [3.63, 3.8) is 0 Å². The van der Waals surface area contributed by atoms with Crippen LogP contribution in [0.25, 0.3) is 11.5 Å². The van der Waals surface area contributed by atoms with Gasteiger partial charge < -0.3 is 4.42 Å². The number of hydrogen-bond acceptors (Lipinski definition) is 4. The zero-order valence-corrected chi connectivity index (χ0v) is 8.86. The minimum absolute atomic E-state index is 0.685. The van der Waals surface area contributed by atoms with E-state index in [0.717, 1.165) is 22.2 Å². The fourth-order valence-electron chi connectivity index (χ4n) is 1.07. The van der Waals surface area contributed by atoms with E-state index in [9.17, 15) is 0 Å². The molecular formula is C9H9NOS2. The number of thiazole rings is 1. The first-order valence-electron chi connectivity index (χ1n) is 3.91. The van der Waals surface area contributed by atoms with Gasteiger partial charge in [0.15, 0.2) is 5.76 Å². The van der Waals surface area contributed by atoms with E-state index in [0.29, 0.717) is 5.75 Å². The van der Waals surface area contributed by atoms with Gasteiger partial charge in [0.05, 0.1) is 0 Å². The molecule has 0 N–H and O–H groups in total. The molecule has 0 aliphatic carbocycles. The van der Waals surface area contributed by atoms with E-state index in [1.54, 1.807) is 11.3 Å². The van der Waals surface area contributed by atoms with Gasteiger partial charge in [0.2, 0.25) is 0 Å². The van der Waals surface area contributed by atoms with Crippen LogP contribution in [-0.4, -0.2) is 4.98 Å². The van der Waals surface area contributed by atoms with Crippen molar-refractivity contribution >= 4 is 24.0 Å². The summed E-state index contributed by atoms with van der Waals surface area (Å²) in [5.41, 5.74) is 0.905. The standard InChI is InChI=1S/C9H9NOS2/c1-6-2-3-8(11-6)7-5-13-9(4-12)10-7/h2-3,5,12H,4H2,1H3. The van der Waals surface area contributed by atoms with Crippen LogP contribution in [0.2, 0.25) is 0 Å². The maximum Gasteiger partial charge on any atom is 0.153 e. The summed E-state index contributed by atoms with van der Waals surface area (Å²) >= 11 is 5.76. The minimum Gasteiger partial charge on any atom is -0.460 e. The predicted molar refractivity (Wildman–Crippen MR) is 57.2 cm³/mol. The average molecular weight is 211 g/mol. The first-order valence-corrected chi connectivity index (χ1v) is 5.43. The van der Waals surface area contributed by atoms with E-state index in [1.807, 2.05) is 24.4 Å². The van der Waals surface area contributed by atoms with Crippen LogP contribution in [0, 0.1) is 6.92 Å². The molecular weight excluding hydrogens is 202 g/mol. The molecule has 0 atom stereocenters. The zero-order valence-electron chi connectivity index (χ0n) is 7.15. The summed E-state index contributed by atoms with van der Waals surface area (Å²) in [6, 6.07) is 3.88. The van der Waals surface area contributed by atoms with Crippen molar-refractivity contribution in [2.75, 3.05) is 0 Å². The molecule has 0 aliphatic heterocycles. The molecule has 0 aromatic carbocycles. The summed E-state index contributed by atoms with van der Waals surface area (Å²) in [6.45, 7) is 1.93. The van der Waals surface area contributed by atoms with Crippen LogP contribution in [-0.2, 0) is 5.75 Å². The Balaban J connectivity index is 2.35. The van der Waals surface area contributed by atoms with Gasteiger partial charge in [-0.25, -0.2) is 4.98 Å². The first-order chi connectivity index (χ1) is 6.29. The van der Waals surface area contributed by atoms with Crippen molar-refractivity contribution in [1.29, 1.82) is 0 Å². The zero-order chi connectivity index (χ0) is 9.26. The van der Waals surface area contributed by atoms with Gasteiger partial charge in [-0.05, 0) is 19.1 Å². The van der Waals surface area contributed by atoms with Gasteiger partial charge in [-0.2, -0.15) is 12.6 Å². The quantitative estimate of drug-likeness (QED) is 0.772. The Bertz CT molecular complexity index is 405. The number of rotatable bonds is 2. The molecule has 0 saturated carbocycles. The van der Waals surface area contributed by atoms with Gasteiger partial charge in [0, 0.05) is 11.1 Å². The van der Waals surface area contributed by atoms with Gasteiger partial charge >= 0.3 is 0 Å². The molecule has 0 fully saturated rings. The lowest BCUT2D eigenvalue weighted by Gasteiger charge is -1.88. The number of thiol groups is 1. The van der Waals surface area contributed by atoms with Crippen molar-refractivity contribution in [2.24, 2.45) is 0 Å². The number of hydrogen-bond donors (Lipinski definition) is 1. The molecule has 2 aromatic rings. The van der Waals surface area contributed by atoms with E-state index in [4.69, 9.17) is 4.42 Å². The van der Waals surface area contributed by atoms with Gasteiger partial charge in [-0.1, -0.05) is 0 Å². The average Bonchev–Trinajstić information content (AvgIpc) is 2.71. The Morgan fingerprint density at radius 3 is 2.92 bits per heavy atom. The lowest BCUT2D eigenvalue weighted by Crippen LogP contribution is -1.76. The van der Waals surface area contributed by atoms with Crippen LogP contribution in [0.5, 0.6) is 0 Å². The second kappa shape index (κ2) is 3.55. The number of aromatic nitrogens is 1. The molecule has 4 heteroatoms. The van der Waals surface area contributed by atoms with Crippen molar-refractivity contribution in [3.05, 3.63) is 28.3 Å². The third kappa shape index (κ3) is 1.78. The molecule has 13 heavy (non-hydrogen) atoms. The third-order valence-electron chi connectivity index (χ3n) is 1.68. The predicted octanol–water partition coefficient (Wildman–Crippen LogP) is 3.14. The summed E-state index contributed by atoms with van der Waals surface area (Å²) in [7, 11) is 0. The van der Waals surface area contributed by atoms with Crippen LogP contribution < -0.4 is 0 Å². The normalized spacial score (nSPS) is 10.6. The fraction of sp³-hybridized carbons (Fsp3) is 0.222. The highest BCUT2D eigenvalue weighted by Gasteiger charge is 2.06. The molecule has 0 amide bonds. The molecule has 2 heterocycles. The van der Waals surface area contributed by atoms with Crippen LogP contribution in [0.1, 0.15) is 10.8 Å². The van der Waals surface area contributed by atoms with Crippen molar-refractivity contribution < 1.29 is 4.42 Å². The van der Waals surface area contributed by atoms with Crippen molar-refractivity contribution in [3.8, 4) is 11.5 Å². The third-order valence-corrected chi connectivity index (χ3v) is 3.04. The Kier molecular flexibility index (Phi) is 2.42. The van der Waals surface area contributed by atoms with Crippen LogP contribution in [0.15, 0.2) is 21.9 Å². The molecule has 0 unspecified atom stereocenters. The summed E-state index contributed by atoms with van der Waals surface area (Å²) in [5, 5.41) is 3.01. The highest BCUT2D eigenvalue weighted by Crippen LogP contribution is 2.24. The van der Waals surface area contributed by atoms with Gasteiger partial charge in [-0.3, -0.25) is 0 Å². The van der Waals surface area contributed by atoms with Gasteiger partial charge in [0.25, 0.3) is 0 Å². The minimum atomic E-state index is 0.685. The smallest absolute Gasteiger partial charge is 0.153 e. The largest absolute Gasteiger partial charge is 0.460 e. The second-order valence-electron chi connectivity index (χ2n) is 2.69. The molecule has 2 nitrogen and oxygen atoms in total. The molecule has 0 saturated heterocycles. The van der Waals surface area contributed by atoms with Crippen molar-refractivity contribution in [2.45, 2.75) is 12.7 Å². The monoisotopic (exact) mass is 211 g/mol. The molecule has 68 valence electrons. The van der Waals surface area contributed by atoms with E-state index in [1.165, 1.54) is 0 Å². The van der Waals surface area contributed by atoms with Gasteiger partial charge in [-0.15, -0.1) is 11.3 Å². The summed E-state index contributed by atoms with van der Waals surface area (Å²) in [4.78, 5) is 4.36. The Hall–Kier alpha value is -0.740. The second-order valence-corrected chi connectivity index (χ2v) is 3.95. The SMILES string of the molecule is Cc1ccc(-c2csc(CS)n2)o1. The lowest BCUT2D eigenvalue weighted by molar-refractivity contribution is 0.546. The van der Waals surface area contributed by atoms with Crippen LogP contribution in [0.3, 0.4) is 0 Å². The summed E-state index contributed by atoms with van der Waals surface area (Å²) < 4.78 is 5.45. The van der Waals surface area contributed by atoms with Crippen LogP contribution in [0.4, 0.5) is 0 Å². The van der Waals surface area contributed by atoms with E-state index < -0.39 is 0 Å². The topological polar surface area (TPSA) is 26.0 Å². The van der Waals surface area contributed by atoms with E-state index in [-0.39, 0.29) is 0 Å². The number of furan rings is 1. The first kappa shape index (κ1) is 8.84. The molecule has 2 aromatic heterocycles. The number of nitrogens with zero attached hydrogens (tertiary/aromatic N) is 1. The highest BCUT2D eigenvalue weighted by molar-refractivity contribution is 7.79. The van der Waals surface area contributed by atoms with E-state index >= 15 is 0 Å². The molecule has 0 spiro atoms. The highest BCUT2D eigenvalue weighted by atomic mass is 32.1. The summed E-state index contributed by atoms with van der Waals surface area (Å²) in [6.07, 6.45) is 0. The molecule has 0 aliphatic rings. The van der Waals surface area contributed by atoms with Crippen LogP contribution >= 0.6 is 24.0 Å². The Morgan fingerprint density at radius 1 is 1.54 bits per heavy atom. The fourth-order valence-corrected chi connectivity index (χ4v) is 2.01. The maximum atomic E-state index is 5.45. The van der Waals surface area contributed by atoms with E-state index in [2.05, 4.69) is 17.6 Å². The molecule has 2 rings (SSSR count). The Labute approximate surface area is 86.0 Å². The molecule has 0 radical (unpaired) electrons. The Morgan fingerprint density at radius 2 is 2.38 bits per heavy atom. The number of aryl methyl sites for hydroxylation is 1. The summed E-state index contributed by atoms with van der Waals surface area (Å²) in [5.74, 6) is 2.43. The lowest BCUT2D eigenvalue weighted by atomic mass is 10.4. The van der Waals surface area contributed by atoms with Crippen molar-refractivity contribution in [1.82, 2.24) is 4.98 Å².